The van der Waals surface area contributed by atoms with E-state index in [0.717, 1.165) is 18.7 Å². The molecule has 14 heavy (non-hydrogen) atoms. The first-order valence-corrected chi connectivity index (χ1v) is 4.78. The van der Waals surface area contributed by atoms with E-state index in [-0.39, 0.29) is 12.1 Å². The van der Waals surface area contributed by atoms with E-state index >= 15 is 0 Å². The maximum Gasteiger partial charge on any atom is 0.408 e. The van der Waals surface area contributed by atoms with Crippen LogP contribution in [0.4, 0.5) is 4.79 Å². The number of aromatic nitrogens is 2. The molecule has 1 saturated heterocycles. The summed E-state index contributed by atoms with van der Waals surface area (Å²) in [5.74, 6) is 1.35. The molecule has 2 fully saturated rings. The third kappa shape index (κ3) is 0.950. The third-order valence-corrected chi connectivity index (χ3v) is 3.16. The summed E-state index contributed by atoms with van der Waals surface area (Å²) < 4.78 is 0. The van der Waals surface area contributed by atoms with Crippen LogP contribution in [0.2, 0.25) is 0 Å². The second kappa shape index (κ2) is 2.50. The summed E-state index contributed by atoms with van der Waals surface area (Å²) in [6, 6.07) is 0.203. The fourth-order valence-electron chi connectivity index (χ4n) is 2.44. The van der Waals surface area contributed by atoms with Crippen molar-refractivity contribution in [2.75, 3.05) is 0 Å². The van der Waals surface area contributed by atoms with Gasteiger partial charge in [-0.3, -0.25) is 4.90 Å². The summed E-state index contributed by atoms with van der Waals surface area (Å²) in [5.41, 5.74) is 0. The van der Waals surface area contributed by atoms with Gasteiger partial charge < -0.3 is 10.1 Å². The molecule has 0 unspecified atom stereocenters. The first-order chi connectivity index (χ1) is 6.77. The number of rotatable bonds is 1. The molecule has 0 radical (unpaired) electrons. The van der Waals surface area contributed by atoms with Crippen molar-refractivity contribution in [2.24, 2.45) is 5.92 Å². The topological polar surface area (TPSA) is 69.2 Å². The summed E-state index contributed by atoms with van der Waals surface area (Å²) in [7, 11) is 0. The molecule has 5 nitrogen and oxygen atoms in total. The number of hydrogen-bond acceptors (Lipinski definition) is 2. The van der Waals surface area contributed by atoms with E-state index in [1.807, 2.05) is 0 Å². The van der Waals surface area contributed by atoms with E-state index in [2.05, 4.69) is 9.97 Å². The van der Waals surface area contributed by atoms with Crippen LogP contribution in [0.5, 0.6) is 0 Å². The highest BCUT2D eigenvalue weighted by Crippen LogP contribution is 2.52. The molecule has 2 N–H and O–H groups in total. The standard InChI is InChI=1S/C9H11N3O2/c13-9(14)12-6-3-5(6)4-7(12)8-10-1-2-11-8/h1-2,5-7H,3-4H2,(H,10,11)(H,13,14)/t5-,6-,7+/m1/s1. The van der Waals surface area contributed by atoms with Crippen LogP contribution in [0.15, 0.2) is 12.4 Å². The Morgan fingerprint density at radius 2 is 2.50 bits per heavy atom. The molecule has 0 spiro atoms. The van der Waals surface area contributed by atoms with Gasteiger partial charge >= 0.3 is 6.09 Å². The van der Waals surface area contributed by atoms with Gasteiger partial charge in [0.05, 0.1) is 6.04 Å². The van der Waals surface area contributed by atoms with E-state index in [0.29, 0.717) is 5.92 Å². The summed E-state index contributed by atoms with van der Waals surface area (Å²) in [5, 5.41) is 9.06. The molecule has 1 aliphatic carbocycles. The normalized spacial score (nSPS) is 34.3. The van der Waals surface area contributed by atoms with E-state index in [1.54, 1.807) is 17.3 Å². The number of amides is 1. The van der Waals surface area contributed by atoms with Crippen LogP contribution in [-0.2, 0) is 0 Å². The largest absolute Gasteiger partial charge is 0.465 e. The zero-order valence-electron chi connectivity index (χ0n) is 7.55. The van der Waals surface area contributed by atoms with Crippen molar-refractivity contribution in [1.29, 1.82) is 0 Å². The Hall–Kier alpha value is -1.52. The SMILES string of the molecule is O=C(O)N1[C@@H]2C[C@@H]2C[C@H]1c1ncc[nH]1. The zero-order valence-corrected chi connectivity index (χ0v) is 7.55. The van der Waals surface area contributed by atoms with Crippen molar-refractivity contribution in [3.05, 3.63) is 18.2 Å². The minimum atomic E-state index is -0.823. The fraction of sp³-hybridized carbons (Fsp3) is 0.556. The van der Waals surface area contributed by atoms with Crippen molar-refractivity contribution in [1.82, 2.24) is 14.9 Å². The van der Waals surface area contributed by atoms with E-state index in [9.17, 15) is 4.79 Å². The predicted molar refractivity (Wildman–Crippen MR) is 47.7 cm³/mol. The van der Waals surface area contributed by atoms with Gasteiger partial charge in [0.25, 0.3) is 0 Å². The smallest absolute Gasteiger partial charge is 0.408 e. The molecule has 1 aromatic rings. The van der Waals surface area contributed by atoms with Gasteiger partial charge in [-0.2, -0.15) is 0 Å². The van der Waals surface area contributed by atoms with Gasteiger partial charge in [0.15, 0.2) is 0 Å². The lowest BCUT2D eigenvalue weighted by molar-refractivity contribution is 0.128. The number of aromatic amines is 1. The summed E-state index contributed by atoms with van der Waals surface area (Å²) in [4.78, 5) is 19.7. The molecule has 0 aromatic carbocycles. The molecule has 1 saturated carbocycles. The predicted octanol–water partition coefficient (Wildman–Crippen LogP) is 1.22. The lowest BCUT2D eigenvalue weighted by Gasteiger charge is -2.22. The number of H-pyrrole nitrogens is 1. The molecule has 5 heteroatoms. The van der Waals surface area contributed by atoms with Crippen LogP contribution >= 0.6 is 0 Å². The van der Waals surface area contributed by atoms with Crippen LogP contribution in [-0.4, -0.2) is 32.1 Å². The number of nitrogens with one attached hydrogen (secondary N) is 1. The molecule has 3 rings (SSSR count). The van der Waals surface area contributed by atoms with Crippen molar-refractivity contribution in [3.8, 4) is 0 Å². The Balaban J connectivity index is 1.90. The first-order valence-electron chi connectivity index (χ1n) is 4.78. The maximum atomic E-state index is 11.0. The molecule has 1 amide bonds. The highest BCUT2D eigenvalue weighted by Gasteiger charge is 2.55. The van der Waals surface area contributed by atoms with Gasteiger partial charge in [-0.15, -0.1) is 0 Å². The number of piperidine rings is 1. The summed E-state index contributed by atoms with van der Waals surface area (Å²) >= 11 is 0. The van der Waals surface area contributed by atoms with Crippen LogP contribution in [0.1, 0.15) is 24.7 Å². The molecular weight excluding hydrogens is 182 g/mol. The van der Waals surface area contributed by atoms with Gasteiger partial charge in [0, 0.05) is 18.4 Å². The van der Waals surface area contributed by atoms with Crippen molar-refractivity contribution >= 4 is 6.09 Å². The average Bonchev–Trinajstić information content (AvgIpc) is 2.69. The van der Waals surface area contributed by atoms with Gasteiger partial charge in [-0.1, -0.05) is 0 Å². The Morgan fingerprint density at radius 1 is 1.64 bits per heavy atom. The molecular formula is C9H11N3O2. The van der Waals surface area contributed by atoms with Crippen LogP contribution in [0.3, 0.4) is 0 Å². The maximum absolute atomic E-state index is 11.0. The van der Waals surface area contributed by atoms with E-state index in [1.165, 1.54) is 0 Å². The number of hydrogen-bond donors (Lipinski definition) is 2. The van der Waals surface area contributed by atoms with Crippen LogP contribution in [0, 0.1) is 5.92 Å². The molecule has 1 aromatic heterocycles. The summed E-state index contributed by atoms with van der Waals surface area (Å²) in [6.45, 7) is 0. The Bertz CT molecular complexity index is 362. The summed E-state index contributed by atoms with van der Waals surface area (Å²) in [6.07, 6.45) is 4.53. The number of likely N-dealkylation sites (tertiary alicyclic amines) is 1. The highest BCUT2D eigenvalue weighted by molar-refractivity contribution is 5.67. The first kappa shape index (κ1) is 7.84. The van der Waals surface area contributed by atoms with Gasteiger partial charge in [-0.05, 0) is 18.8 Å². The molecule has 2 heterocycles. The number of carboxylic acid groups (broad SMARTS) is 1. The van der Waals surface area contributed by atoms with Crippen molar-refractivity contribution in [2.45, 2.75) is 24.9 Å². The fourth-order valence-corrected chi connectivity index (χ4v) is 2.44. The third-order valence-electron chi connectivity index (χ3n) is 3.16. The zero-order chi connectivity index (χ0) is 9.71. The van der Waals surface area contributed by atoms with Crippen molar-refractivity contribution < 1.29 is 9.90 Å². The molecule has 2 aliphatic rings. The monoisotopic (exact) mass is 193 g/mol. The molecule has 1 aliphatic heterocycles. The lowest BCUT2D eigenvalue weighted by atomic mass is 10.1. The van der Waals surface area contributed by atoms with Gasteiger partial charge in [-0.25, -0.2) is 9.78 Å². The number of fused-ring (bicyclic) bond motifs is 1. The highest BCUT2D eigenvalue weighted by atomic mass is 16.4. The number of imidazole rings is 1. The van der Waals surface area contributed by atoms with Crippen LogP contribution < -0.4 is 0 Å². The van der Waals surface area contributed by atoms with Gasteiger partial charge in [0.2, 0.25) is 0 Å². The Labute approximate surface area is 80.8 Å². The van der Waals surface area contributed by atoms with E-state index in [4.69, 9.17) is 5.11 Å². The number of nitrogens with zero attached hydrogens (tertiary/aromatic N) is 2. The quantitative estimate of drug-likeness (QED) is 0.704. The van der Waals surface area contributed by atoms with E-state index < -0.39 is 6.09 Å². The second-order valence-corrected chi connectivity index (χ2v) is 3.98. The minimum absolute atomic E-state index is 0.0498. The van der Waals surface area contributed by atoms with Crippen molar-refractivity contribution in [3.63, 3.8) is 0 Å². The molecule has 74 valence electrons. The Morgan fingerprint density at radius 3 is 3.14 bits per heavy atom. The number of carbonyl (C=O) groups is 1. The molecule has 0 bridgehead atoms. The minimum Gasteiger partial charge on any atom is -0.465 e. The van der Waals surface area contributed by atoms with Gasteiger partial charge in [0.1, 0.15) is 5.82 Å². The van der Waals surface area contributed by atoms with Crippen LogP contribution in [0.25, 0.3) is 0 Å². The lowest BCUT2D eigenvalue weighted by Crippen LogP contribution is -2.32. The molecule has 3 atom stereocenters. The Kier molecular flexibility index (Phi) is 1.40. The second-order valence-electron chi connectivity index (χ2n) is 3.98. The average molecular weight is 193 g/mol.